The van der Waals surface area contributed by atoms with Crippen molar-refractivity contribution >= 4 is 34.7 Å². The van der Waals surface area contributed by atoms with Gasteiger partial charge in [-0.2, -0.15) is 0 Å². The molecule has 3 rings (SSSR count). The molecular formula is C23H27N5O5. The number of hydrogen-bond acceptors (Lipinski definition) is 5. The van der Waals surface area contributed by atoms with E-state index < -0.39 is 41.9 Å². The molecule has 33 heavy (non-hydrogen) atoms. The number of fused-ring (bicyclic) bond motifs is 1. The van der Waals surface area contributed by atoms with Gasteiger partial charge in [-0.15, -0.1) is 6.42 Å². The average Bonchev–Trinajstić information content (AvgIpc) is 3.34. The minimum Gasteiger partial charge on any atom is -0.496 e. The lowest BCUT2D eigenvalue weighted by Crippen LogP contribution is -2.51. The maximum atomic E-state index is 13.0. The first kappa shape index (κ1) is 23.7. The molecule has 10 nitrogen and oxygen atoms in total. The van der Waals surface area contributed by atoms with Gasteiger partial charge in [-0.05, 0) is 30.5 Å². The maximum Gasteiger partial charge on any atom is 0.322 e. The van der Waals surface area contributed by atoms with Crippen LogP contribution in [0.3, 0.4) is 0 Å². The zero-order chi connectivity index (χ0) is 24.1. The van der Waals surface area contributed by atoms with Crippen LogP contribution in [0.4, 0.5) is 4.79 Å². The highest BCUT2D eigenvalue weighted by atomic mass is 16.5. The van der Waals surface area contributed by atoms with Gasteiger partial charge < -0.3 is 25.7 Å². The van der Waals surface area contributed by atoms with E-state index in [4.69, 9.17) is 11.2 Å². The summed E-state index contributed by atoms with van der Waals surface area (Å²) >= 11 is 0. The van der Waals surface area contributed by atoms with Gasteiger partial charge in [0.2, 0.25) is 5.91 Å². The molecule has 10 heteroatoms. The SMILES string of the molecule is C#CC(CC1NC(=O)NC1=O)NC(=O)[C@H](CC(C)C)NC(=O)c1cc2c(OC)cccc2[nH]1. The van der Waals surface area contributed by atoms with E-state index in [2.05, 4.69) is 32.2 Å². The smallest absolute Gasteiger partial charge is 0.322 e. The standard InChI is InChI=1S/C23H27N5O5/c1-5-13(10-17-22(31)28-23(32)27-17)24-20(29)16(9-12(2)3)26-21(30)18-11-14-15(25-18)7-6-8-19(14)33-4/h1,6-8,11-13,16-17,25H,9-10H2,2-4H3,(H,24,29)(H,26,30)(H2,27,28,31,32)/t13?,16-,17?/m0/s1. The van der Waals surface area contributed by atoms with Crippen molar-refractivity contribution in [1.29, 1.82) is 0 Å². The van der Waals surface area contributed by atoms with Crippen LogP contribution >= 0.6 is 0 Å². The van der Waals surface area contributed by atoms with Gasteiger partial charge in [0.25, 0.3) is 11.8 Å². The normalized spacial score (nSPS) is 17.1. The molecule has 5 N–H and O–H groups in total. The summed E-state index contributed by atoms with van der Waals surface area (Å²) in [5.74, 6) is 1.72. The van der Waals surface area contributed by atoms with Crippen LogP contribution in [0, 0.1) is 18.3 Å². The molecule has 5 amide bonds. The first-order valence-corrected chi connectivity index (χ1v) is 10.6. The summed E-state index contributed by atoms with van der Waals surface area (Å²) in [6.45, 7) is 3.86. The Kier molecular flexibility index (Phi) is 7.23. The highest BCUT2D eigenvalue weighted by Gasteiger charge is 2.32. The largest absolute Gasteiger partial charge is 0.496 e. The van der Waals surface area contributed by atoms with Crippen molar-refractivity contribution in [2.45, 2.75) is 44.8 Å². The number of urea groups is 1. The van der Waals surface area contributed by atoms with Crippen molar-refractivity contribution < 1.29 is 23.9 Å². The quantitative estimate of drug-likeness (QED) is 0.285. The summed E-state index contributed by atoms with van der Waals surface area (Å²) < 4.78 is 5.33. The second-order valence-corrected chi connectivity index (χ2v) is 8.24. The summed E-state index contributed by atoms with van der Waals surface area (Å²) in [5.41, 5.74) is 1.02. The summed E-state index contributed by atoms with van der Waals surface area (Å²) in [7, 11) is 1.55. The molecule has 2 heterocycles. The van der Waals surface area contributed by atoms with Crippen LogP contribution in [0.1, 0.15) is 37.2 Å². The number of ether oxygens (including phenoxy) is 1. The first-order chi connectivity index (χ1) is 15.7. The van der Waals surface area contributed by atoms with Crippen molar-refractivity contribution in [3.05, 3.63) is 30.0 Å². The van der Waals surface area contributed by atoms with E-state index in [-0.39, 0.29) is 18.0 Å². The summed E-state index contributed by atoms with van der Waals surface area (Å²) in [4.78, 5) is 52.0. The van der Waals surface area contributed by atoms with Crippen LogP contribution in [0.5, 0.6) is 5.75 Å². The van der Waals surface area contributed by atoms with Crippen LogP contribution in [0.25, 0.3) is 10.9 Å². The van der Waals surface area contributed by atoms with Gasteiger partial charge in [0, 0.05) is 17.3 Å². The molecular weight excluding hydrogens is 426 g/mol. The van der Waals surface area contributed by atoms with E-state index in [1.165, 1.54) is 0 Å². The van der Waals surface area contributed by atoms with E-state index in [0.717, 1.165) is 10.9 Å². The van der Waals surface area contributed by atoms with Crippen molar-refractivity contribution in [2.24, 2.45) is 5.92 Å². The Balaban J connectivity index is 1.71. The number of imide groups is 1. The second-order valence-electron chi connectivity index (χ2n) is 8.24. The molecule has 2 unspecified atom stereocenters. The van der Waals surface area contributed by atoms with E-state index >= 15 is 0 Å². The number of hydrogen-bond donors (Lipinski definition) is 5. The Morgan fingerprint density at radius 1 is 1.24 bits per heavy atom. The summed E-state index contributed by atoms with van der Waals surface area (Å²) in [6.07, 6.45) is 5.94. The molecule has 0 bridgehead atoms. The van der Waals surface area contributed by atoms with Crippen LogP contribution < -0.4 is 26.0 Å². The van der Waals surface area contributed by atoms with E-state index in [9.17, 15) is 19.2 Å². The Bertz CT molecular complexity index is 1120. The average molecular weight is 453 g/mol. The summed E-state index contributed by atoms with van der Waals surface area (Å²) in [5, 5.41) is 10.8. The van der Waals surface area contributed by atoms with Crippen molar-refractivity contribution in [2.75, 3.05) is 7.11 Å². The number of carbonyl (C=O) groups excluding carboxylic acids is 4. The van der Waals surface area contributed by atoms with E-state index in [1.807, 2.05) is 19.9 Å². The number of carbonyl (C=O) groups is 4. The van der Waals surface area contributed by atoms with E-state index in [1.54, 1.807) is 25.3 Å². The lowest BCUT2D eigenvalue weighted by molar-refractivity contribution is -0.124. The predicted octanol–water partition coefficient (Wildman–Crippen LogP) is 1.04. The molecule has 0 radical (unpaired) electrons. The molecule has 0 aliphatic carbocycles. The van der Waals surface area contributed by atoms with Crippen LogP contribution in [-0.2, 0) is 9.59 Å². The van der Waals surface area contributed by atoms with Crippen molar-refractivity contribution in [3.63, 3.8) is 0 Å². The lowest BCUT2D eigenvalue weighted by atomic mass is 10.0. The van der Waals surface area contributed by atoms with Gasteiger partial charge in [0.1, 0.15) is 23.5 Å². The fraction of sp³-hybridized carbons (Fsp3) is 0.391. The highest BCUT2D eigenvalue weighted by molar-refractivity contribution is 6.04. The van der Waals surface area contributed by atoms with Gasteiger partial charge >= 0.3 is 6.03 Å². The van der Waals surface area contributed by atoms with Gasteiger partial charge in [-0.1, -0.05) is 25.8 Å². The van der Waals surface area contributed by atoms with Crippen LogP contribution in [-0.4, -0.2) is 54.0 Å². The number of amides is 5. The molecule has 1 saturated heterocycles. The molecule has 1 fully saturated rings. The molecule has 1 aliphatic rings. The number of rotatable bonds is 9. The molecule has 1 aromatic carbocycles. The molecule has 174 valence electrons. The molecule has 1 aliphatic heterocycles. The lowest BCUT2D eigenvalue weighted by Gasteiger charge is -2.23. The monoisotopic (exact) mass is 453 g/mol. The zero-order valence-corrected chi connectivity index (χ0v) is 18.7. The third-order valence-corrected chi connectivity index (χ3v) is 5.27. The Hall–Kier alpha value is -4.00. The Morgan fingerprint density at radius 2 is 2.00 bits per heavy atom. The minimum absolute atomic E-state index is 0.0317. The van der Waals surface area contributed by atoms with Crippen LogP contribution in [0.15, 0.2) is 24.3 Å². The fourth-order valence-electron chi connectivity index (χ4n) is 3.67. The number of methoxy groups -OCH3 is 1. The number of nitrogens with one attached hydrogen (secondary N) is 5. The third kappa shape index (κ3) is 5.63. The number of benzene rings is 1. The minimum atomic E-state index is -0.853. The summed E-state index contributed by atoms with van der Waals surface area (Å²) in [6, 6.07) is 3.98. The fourth-order valence-corrected chi connectivity index (χ4v) is 3.67. The number of terminal acetylenes is 1. The zero-order valence-electron chi connectivity index (χ0n) is 18.7. The van der Waals surface area contributed by atoms with Gasteiger partial charge in [-0.3, -0.25) is 19.7 Å². The maximum absolute atomic E-state index is 13.0. The Labute approximate surface area is 191 Å². The second kappa shape index (κ2) is 10.1. The predicted molar refractivity (Wildman–Crippen MR) is 121 cm³/mol. The van der Waals surface area contributed by atoms with Gasteiger partial charge in [0.05, 0.1) is 13.2 Å². The number of H-pyrrole nitrogens is 1. The highest BCUT2D eigenvalue weighted by Crippen LogP contribution is 2.26. The Morgan fingerprint density at radius 3 is 2.61 bits per heavy atom. The van der Waals surface area contributed by atoms with Crippen molar-refractivity contribution in [3.8, 4) is 18.1 Å². The molecule has 2 aromatic rings. The first-order valence-electron chi connectivity index (χ1n) is 10.6. The third-order valence-electron chi connectivity index (χ3n) is 5.27. The van der Waals surface area contributed by atoms with Crippen molar-refractivity contribution in [1.82, 2.24) is 26.3 Å². The number of aromatic amines is 1. The molecule has 3 atom stereocenters. The van der Waals surface area contributed by atoms with Gasteiger partial charge in [0.15, 0.2) is 0 Å². The van der Waals surface area contributed by atoms with E-state index in [0.29, 0.717) is 12.2 Å². The molecule has 0 saturated carbocycles. The topological polar surface area (TPSA) is 141 Å². The van der Waals surface area contributed by atoms with Crippen LogP contribution in [0.2, 0.25) is 0 Å². The molecule has 1 aromatic heterocycles. The number of aromatic nitrogens is 1. The molecule has 0 spiro atoms. The van der Waals surface area contributed by atoms with Gasteiger partial charge in [-0.25, -0.2) is 4.79 Å².